The fourth-order valence-corrected chi connectivity index (χ4v) is 2.49. The number of carbonyl (C=O) groups excluding carboxylic acids is 1. The largest absolute Gasteiger partial charge is 0.378 e. The van der Waals surface area contributed by atoms with E-state index >= 15 is 0 Å². The average molecular weight is 212 g/mol. The molecular formula is C11H20N2O2. The summed E-state index contributed by atoms with van der Waals surface area (Å²) < 4.78 is 5.24. The predicted octanol–water partition coefficient (Wildman–Crippen LogP) is 0.363. The Morgan fingerprint density at radius 3 is 2.67 bits per heavy atom. The van der Waals surface area contributed by atoms with Crippen LogP contribution in [0, 0.1) is 5.92 Å². The van der Waals surface area contributed by atoms with Crippen LogP contribution in [0.3, 0.4) is 0 Å². The Labute approximate surface area is 90.8 Å². The molecule has 0 radical (unpaired) electrons. The van der Waals surface area contributed by atoms with E-state index in [1.165, 1.54) is 0 Å². The van der Waals surface area contributed by atoms with Gasteiger partial charge in [-0.1, -0.05) is 6.42 Å². The molecule has 2 fully saturated rings. The van der Waals surface area contributed by atoms with Gasteiger partial charge >= 0.3 is 0 Å². The van der Waals surface area contributed by atoms with Crippen LogP contribution in [0.2, 0.25) is 0 Å². The third-order valence-electron chi connectivity index (χ3n) is 3.39. The molecule has 0 spiro atoms. The van der Waals surface area contributed by atoms with Gasteiger partial charge in [0.15, 0.2) is 0 Å². The van der Waals surface area contributed by atoms with Crippen molar-refractivity contribution in [3.63, 3.8) is 0 Å². The number of amides is 1. The number of carbonyl (C=O) groups is 1. The van der Waals surface area contributed by atoms with Crippen LogP contribution in [0.1, 0.15) is 25.7 Å². The Kier molecular flexibility index (Phi) is 3.59. The number of nitrogens with zero attached hydrogens (tertiary/aromatic N) is 1. The van der Waals surface area contributed by atoms with Crippen LogP contribution < -0.4 is 5.73 Å². The lowest BCUT2D eigenvalue weighted by Crippen LogP contribution is -2.45. The van der Waals surface area contributed by atoms with Crippen LogP contribution in [-0.2, 0) is 9.53 Å². The molecule has 0 aromatic rings. The van der Waals surface area contributed by atoms with Crippen molar-refractivity contribution in [1.29, 1.82) is 0 Å². The van der Waals surface area contributed by atoms with E-state index in [0.717, 1.165) is 38.8 Å². The van der Waals surface area contributed by atoms with Crippen molar-refractivity contribution in [2.75, 3.05) is 26.3 Å². The Hall–Kier alpha value is -0.610. The van der Waals surface area contributed by atoms with Gasteiger partial charge in [0.05, 0.1) is 13.2 Å². The Morgan fingerprint density at radius 2 is 2.00 bits per heavy atom. The first-order valence-electron chi connectivity index (χ1n) is 5.89. The molecule has 2 N–H and O–H groups in total. The molecule has 4 heteroatoms. The summed E-state index contributed by atoms with van der Waals surface area (Å²) in [7, 11) is 0. The van der Waals surface area contributed by atoms with Crippen molar-refractivity contribution in [1.82, 2.24) is 4.90 Å². The van der Waals surface area contributed by atoms with Crippen LogP contribution in [0.5, 0.6) is 0 Å². The molecule has 1 aliphatic carbocycles. The molecule has 1 aliphatic heterocycles. The van der Waals surface area contributed by atoms with Gasteiger partial charge in [0, 0.05) is 25.0 Å². The molecular weight excluding hydrogens is 192 g/mol. The summed E-state index contributed by atoms with van der Waals surface area (Å²) in [5.41, 5.74) is 5.90. The third kappa shape index (κ3) is 2.69. The molecule has 86 valence electrons. The highest BCUT2D eigenvalue weighted by Gasteiger charge is 2.29. The lowest BCUT2D eigenvalue weighted by Gasteiger charge is -2.33. The summed E-state index contributed by atoms with van der Waals surface area (Å²) in [6.07, 6.45) is 4.06. The van der Waals surface area contributed by atoms with E-state index in [1.807, 2.05) is 4.90 Å². The van der Waals surface area contributed by atoms with Gasteiger partial charge in [0.25, 0.3) is 0 Å². The maximum Gasteiger partial charge on any atom is 0.225 e. The van der Waals surface area contributed by atoms with E-state index in [2.05, 4.69) is 0 Å². The smallest absolute Gasteiger partial charge is 0.225 e. The maximum atomic E-state index is 12.1. The summed E-state index contributed by atoms with van der Waals surface area (Å²) in [5, 5.41) is 0. The fourth-order valence-electron chi connectivity index (χ4n) is 2.49. The number of hydrogen-bond donors (Lipinski definition) is 1. The molecule has 2 rings (SSSR count). The highest BCUT2D eigenvalue weighted by atomic mass is 16.5. The molecule has 0 bridgehead atoms. The van der Waals surface area contributed by atoms with E-state index in [0.29, 0.717) is 19.1 Å². The average Bonchev–Trinajstić information content (AvgIpc) is 2.29. The fraction of sp³-hybridized carbons (Fsp3) is 0.909. The zero-order chi connectivity index (χ0) is 10.7. The molecule has 1 saturated carbocycles. The maximum absolute atomic E-state index is 12.1. The standard InChI is InChI=1S/C11H20N2O2/c12-10-3-1-2-9(8-10)11(14)13-4-6-15-7-5-13/h9-10H,1-8,12H2. The molecule has 4 nitrogen and oxygen atoms in total. The Balaban J connectivity index is 1.88. The van der Waals surface area contributed by atoms with E-state index in [1.54, 1.807) is 0 Å². The molecule has 2 aliphatic rings. The molecule has 0 aromatic heterocycles. The second kappa shape index (κ2) is 4.94. The van der Waals surface area contributed by atoms with Crippen molar-refractivity contribution in [3.8, 4) is 0 Å². The van der Waals surface area contributed by atoms with Gasteiger partial charge in [0.2, 0.25) is 5.91 Å². The number of morpholine rings is 1. The number of nitrogens with two attached hydrogens (primary N) is 1. The van der Waals surface area contributed by atoms with Crippen LogP contribution >= 0.6 is 0 Å². The van der Waals surface area contributed by atoms with Gasteiger partial charge in [-0.2, -0.15) is 0 Å². The molecule has 2 unspecified atom stereocenters. The lowest BCUT2D eigenvalue weighted by molar-refractivity contribution is -0.140. The zero-order valence-corrected chi connectivity index (χ0v) is 9.15. The summed E-state index contributed by atoms with van der Waals surface area (Å²) >= 11 is 0. The molecule has 1 heterocycles. The van der Waals surface area contributed by atoms with Gasteiger partial charge in [-0.05, 0) is 19.3 Å². The second-order valence-electron chi connectivity index (χ2n) is 4.56. The van der Waals surface area contributed by atoms with Crippen molar-refractivity contribution >= 4 is 5.91 Å². The number of hydrogen-bond acceptors (Lipinski definition) is 3. The van der Waals surface area contributed by atoms with Gasteiger partial charge in [0.1, 0.15) is 0 Å². The quantitative estimate of drug-likeness (QED) is 0.683. The summed E-state index contributed by atoms with van der Waals surface area (Å²) in [5.74, 6) is 0.473. The van der Waals surface area contributed by atoms with Crippen LogP contribution in [-0.4, -0.2) is 43.2 Å². The SMILES string of the molecule is NC1CCCC(C(=O)N2CCOCC2)C1. The first-order chi connectivity index (χ1) is 7.27. The summed E-state index contributed by atoms with van der Waals surface area (Å²) in [6.45, 7) is 2.88. The second-order valence-corrected chi connectivity index (χ2v) is 4.56. The minimum Gasteiger partial charge on any atom is -0.378 e. The van der Waals surface area contributed by atoms with Gasteiger partial charge in [-0.15, -0.1) is 0 Å². The normalized spacial score (nSPS) is 32.7. The first-order valence-corrected chi connectivity index (χ1v) is 5.89. The summed E-state index contributed by atoms with van der Waals surface area (Å²) in [4.78, 5) is 14.1. The molecule has 2 atom stereocenters. The lowest BCUT2D eigenvalue weighted by atomic mass is 9.85. The molecule has 0 aromatic carbocycles. The van der Waals surface area contributed by atoms with Crippen LogP contribution in [0.25, 0.3) is 0 Å². The van der Waals surface area contributed by atoms with Crippen molar-refractivity contribution in [3.05, 3.63) is 0 Å². The number of rotatable bonds is 1. The van der Waals surface area contributed by atoms with E-state index in [9.17, 15) is 4.79 Å². The van der Waals surface area contributed by atoms with Crippen molar-refractivity contribution in [2.45, 2.75) is 31.7 Å². The zero-order valence-electron chi connectivity index (χ0n) is 9.15. The predicted molar refractivity (Wildman–Crippen MR) is 57.3 cm³/mol. The third-order valence-corrected chi connectivity index (χ3v) is 3.39. The van der Waals surface area contributed by atoms with Gasteiger partial charge < -0.3 is 15.4 Å². The van der Waals surface area contributed by atoms with Crippen LogP contribution in [0.4, 0.5) is 0 Å². The molecule has 1 amide bonds. The Morgan fingerprint density at radius 1 is 1.27 bits per heavy atom. The number of ether oxygens (including phenoxy) is 1. The van der Waals surface area contributed by atoms with E-state index in [4.69, 9.17) is 10.5 Å². The summed E-state index contributed by atoms with van der Waals surface area (Å²) in [6, 6.07) is 0.230. The van der Waals surface area contributed by atoms with E-state index < -0.39 is 0 Å². The highest BCUT2D eigenvalue weighted by molar-refractivity contribution is 5.79. The minimum atomic E-state index is 0.173. The highest BCUT2D eigenvalue weighted by Crippen LogP contribution is 2.25. The van der Waals surface area contributed by atoms with Gasteiger partial charge in [-0.25, -0.2) is 0 Å². The van der Waals surface area contributed by atoms with Crippen molar-refractivity contribution in [2.24, 2.45) is 11.7 Å². The van der Waals surface area contributed by atoms with Crippen molar-refractivity contribution < 1.29 is 9.53 Å². The molecule has 1 saturated heterocycles. The topological polar surface area (TPSA) is 55.6 Å². The van der Waals surface area contributed by atoms with Gasteiger partial charge in [-0.3, -0.25) is 4.79 Å². The molecule has 15 heavy (non-hydrogen) atoms. The Bertz CT molecular complexity index is 227. The van der Waals surface area contributed by atoms with E-state index in [-0.39, 0.29) is 12.0 Å². The minimum absolute atomic E-state index is 0.173. The monoisotopic (exact) mass is 212 g/mol. The first kappa shape index (κ1) is 10.9. The van der Waals surface area contributed by atoms with Crippen LogP contribution in [0.15, 0.2) is 0 Å².